The number of carbonyl (C=O) groups excluding carboxylic acids is 1. The second-order valence-corrected chi connectivity index (χ2v) is 5.07. The van der Waals surface area contributed by atoms with E-state index in [9.17, 15) is 4.79 Å². The number of pyridine rings is 1. The number of fused-ring (bicyclic) bond motifs is 1. The summed E-state index contributed by atoms with van der Waals surface area (Å²) in [4.78, 5) is 20.3. The predicted molar refractivity (Wildman–Crippen MR) is 82.5 cm³/mol. The number of rotatable bonds is 4. The minimum Gasteiger partial charge on any atom is -0.426 e. The molecule has 0 amide bonds. The normalized spacial score (nSPS) is 10.8. The highest BCUT2D eigenvalue weighted by Gasteiger charge is 2.16. The molecule has 0 aliphatic carbocycles. The summed E-state index contributed by atoms with van der Waals surface area (Å²) >= 11 is 0. The van der Waals surface area contributed by atoms with Crippen molar-refractivity contribution in [2.24, 2.45) is 0 Å². The van der Waals surface area contributed by atoms with Gasteiger partial charge in [0.2, 0.25) is 11.6 Å². The zero-order valence-corrected chi connectivity index (χ0v) is 12.5. The highest BCUT2D eigenvalue weighted by atomic mass is 16.5. The first-order valence-electron chi connectivity index (χ1n) is 7.20. The van der Waals surface area contributed by atoms with Crippen LogP contribution in [0.3, 0.4) is 0 Å². The summed E-state index contributed by atoms with van der Waals surface area (Å²) in [6.45, 7) is 3.87. The molecule has 0 fully saturated rings. The summed E-state index contributed by atoms with van der Waals surface area (Å²) in [7, 11) is 0. The molecule has 3 rings (SSSR count). The number of oxazole rings is 1. The van der Waals surface area contributed by atoms with Gasteiger partial charge in [0, 0.05) is 12.6 Å². The molecule has 2 aromatic heterocycles. The third kappa shape index (κ3) is 2.83. The zero-order valence-electron chi connectivity index (χ0n) is 12.5. The van der Waals surface area contributed by atoms with Crippen LogP contribution in [0.5, 0.6) is 5.75 Å². The van der Waals surface area contributed by atoms with Crippen molar-refractivity contribution in [3.05, 3.63) is 42.1 Å². The lowest BCUT2D eigenvalue weighted by Crippen LogP contribution is -2.08. The number of carbonyl (C=O) groups is 1. The second kappa shape index (κ2) is 5.97. The van der Waals surface area contributed by atoms with Crippen molar-refractivity contribution in [2.45, 2.75) is 26.7 Å². The van der Waals surface area contributed by atoms with E-state index >= 15 is 0 Å². The predicted octanol–water partition coefficient (Wildman–Crippen LogP) is 3.90. The van der Waals surface area contributed by atoms with E-state index in [1.807, 2.05) is 38.1 Å². The highest BCUT2D eigenvalue weighted by Crippen LogP contribution is 2.32. The van der Waals surface area contributed by atoms with Crippen LogP contribution in [-0.2, 0) is 4.79 Å². The summed E-state index contributed by atoms with van der Waals surface area (Å²) in [6.07, 6.45) is 2.77. The van der Waals surface area contributed by atoms with Gasteiger partial charge in [-0.3, -0.25) is 4.79 Å². The molecule has 1 aromatic carbocycles. The van der Waals surface area contributed by atoms with Crippen molar-refractivity contribution >= 4 is 17.2 Å². The van der Waals surface area contributed by atoms with Crippen LogP contribution in [0, 0.1) is 6.92 Å². The molecule has 22 heavy (non-hydrogen) atoms. The summed E-state index contributed by atoms with van der Waals surface area (Å²) in [5.74, 6) is 0.599. The van der Waals surface area contributed by atoms with Gasteiger partial charge in [0.25, 0.3) is 0 Å². The molecule has 0 saturated carbocycles. The molecule has 0 radical (unpaired) electrons. The standard InChI is InChI=1S/C17H16N2O3/c1-3-5-15(20)21-14-10-11(2)7-8-12(14)16-19-13-6-4-9-18-17(13)22-16/h4,6-10H,3,5H2,1-2H3. The van der Waals surface area contributed by atoms with E-state index in [1.165, 1.54) is 0 Å². The number of nitrogens with zero attached hydrogens (tertiary/aromatic N) is 2. The molecule has 0 spiro atoms. The number of hydrogen-bond acceptors (Lipinski definition) is 5. The van der Waals surface area contributed by atoms with Gasteiger partial charge in [-0.2, -0.15) is 0 Å². The fourth-order valence-electron chi connectivity index (χ4n) is 2.15. The maximum atomic E-state index is 11.8. The molecule has 0 atom stereocenters. The number of benzene rings is 1. The molecule has 0 saturated heterocycles. The summed E-state index contributed by atoms with van der Waals surface area (Å²) in [6, 6.07) is 9.20. The molecule has 0 bridgehead atoms. The van der Waals surface area contributed by atoms with Crippen LogP contribution in [-0.4, -0.2) is 15.9 Å². The average molecular weight is 296 g/mol. The van der Waals surface area contributed by atoms with Gasteiger partial charge >= 0.3 is 5.97 Å². The average Bonchev–Trinajstić information content (AvgIpc) is 2.91. The van der Waals surface area contributed by atoms with Crippen molar-refractivity contribution < 1.29 is 13.9 Å². The topological polar surface area (TPSA) is 65.2 Å². The number of ether oxygens (including phenoxy) is 1. The Bertz CT molecular complexity index is 791. The van der Waals surface area contributed by atoms with Crippen LogP contribution >= 0.6 is 0 Å². The molecule has 0 aliphatic heterocycles. The molecule has 0 aliphatic rings. The number of hydrogen-bond donors (Lipinski definition) is 0. The third-order valence-electron chi connectivity index (χ3n) is 3.21. The van der Waals surface area contributed by atoms with E-state index < -0.39 is 0 Å². The monoisotopic (exact) mass is 296 g/mol. The molecule has 0 unspecified atom stereocenters. The smallest absolute Gasteiger partial charge is 0.311 e. The van der Waals surface area contributed by atoms with Crippen molar-refractivity contribution in [3.8, 4) is 17.2 Å². The Balaban J connectivity index is 2.03. The Labute approximate surface area is 128 Å². The maximum Gasteiger partial charge on any atom is 0.311 e. The molecular weight excluding hydrogens is 280 g/mol. The molecule has 3 aromatic rings. The minimum atomic E-state index is -0.261. The van der Waals surface area contributed by atoms with Gasteiger partial charge in [-0.15, -0.1) is 0 Å². The van der Waals surface area contributed by atoms with Crippen LogP contribution in [0.15, 0.2) is 40.9 Å². The van der Waals surface area contributed by atoms with Gasteiger partial charge in [-0.05, 0) is 43.2 Å². The Morgan fingerprint density at radius 1 is 1.32 bits per heavy atom. The van der Waals surface area contributed by atoms with Gasteiger partial charge in [0.1, 0.15) is 11.3 Å². The van der Waals surface area contributed by atoms with Crippen LogP contribution in [0.2, 0.25) is 0 Å². The summed E-state index contributed by atoms with van der Waals surface area (Å²) < 4.78 is 11.1. The lowest BCUT2D eigenvalue weighted by Gasteiger charge is -2.08. The Kier molecular flexibility index (Phi) is 3.87. The molecule has 5 heteroatoms. The highest BCUT2D eigenvalue weighted by molar-refractivity contribution is 5.78. The van der Waals surface area contributed by atoms with E-state index in [2.05, 4.69) is 9.97 Å². The van der Waals surface area contributed by atoms with E-state index in [0.717, 1.165) is 12.0 Å². The fraction of sp³-hybridized carbons (Fsp3) is 0.235. The quantitative estimate of drug-likeness (QED) is 0.539. The van der Waals surface area contributed by atoms with E-state index in [0.29, 0.717) is 34.9 Å². The third-order valence-corrected chi connectivity index (χ3v) is 3.21. The minimum absolute atomic E-state index is 0.261. The van der Waals surface area contributed by atoms with Gasteiger partial charge in [-0.1, -0.05) is 13.0 Å². The lowest BCUT2D eigenvalue weighted by molar-refractivity contribution is -0.134. The first kappa shape index (κ1) is 14.3. The first-order valence-corrected chi connectivity index (χ1v) is 7.20. The lowest BCUT2D eigenvalue weighted by atomic mass is 10.1. The summed E-state index contributed by atoms with van der Waals surface area (Å²) in [5.41, 5.74) is 2.78. The second-order valence-electron chi connectivity index (χ2n) is 5.07. The number of esters is 1. The Morgan fingerprint density at radius 2 is 2.18 bits per heavy atom. The van der Waals surface area contributed by atoms with E-state index in [-0.39, 0.29) is 5.97 Å². The molecule has 112 valence electrons. The van der Waals surface area contributed by atoms with Gasteiger partial charge in [-0.25, -0.2) is 9.97 Å². The van der Waals surface area contributed by atoms with Crippen molar-refractivity contribution in [1.29, 1.82) is 0 Å². The fourth-order valence-corrected chi connectivity index (χ4v) is 2.15. The van der Waals surface area contributed by atoms with Crippen molar-refractivity contribution in [3.63, 3.8) is 0 Å². The Morgan fingerprint density at radius 3 is 2.95 bits per heavy atom. The van der Waals surface area contributed by atoms with Gasteiger partial charge in [0.15, 0.2) is 0 Å². The van der Waals surface area contributed by atoms with Crippen LogP contribution in [0.25, 0.3) is 22.7 Å². The van der Waals surface area contributed by atoms with Crippen LogP contribution in [0.1, 0.15) is 25.3 Å². The van der Waals surface area contributed by atoms with E-state index in [1.54, 1.807) is 12.3 Å². The largest absolute Gasteiger partial charge is 0.426 e. The van der Waals surface area contributed by atoms with Crippen molar-refractivity contribution in [2.75, 3.05) is 0 Å². The molecule has 5 nitrogen and oxygen atoms in total. The molecule has 2 heterocycles. The number of aromatic nitrogens is 2. The van der Waals surface area contributed by atoms with Crippen LogP contribution in [0.4, 0.5) is 0 Å². The van der Waals surface area contributed by atoms with Gasteiger partial charge in [0.05, 0.1) is 5.56 Å². The maximum absolute atomic E-state index is 11.8. The zero-order chi connectivity index (χ0) is 15.5. The van der Waals surface area contributed by atoms with E-state index in [4.69, 9.17) is 9.15 Å². The van der Waals surface area contributed by atoms with Gasteiger partial charge < -0.3 is 9.15 Å². The van der Waals surface area contributed by atoms with Crippen molar-refractivity contribution in [1.82, 2.24) is 9.97 Å². The molecule has 0 N–H and O–H groups in total. The van der Waals surface area contributed by atoms with Crippen LogP contribution < -0.4 is 4.74 Å². The SMILES string of the molecule is CCCC(=O)Oc1cc(C)ccc1-c1nc2cccnc2o1. The summed E-state index contributed by atoms with van der Waals surface area (Å²) in [5, 5.41) is 0. The molecular formula is C17H16N2O3. The first-order chi connectivity index (χ1) is 10.7. The number of aryl methyl sites for hydroxylation is 1. The Hall–Kier alpha value is -2.69.